The van der Waals surface area contributed by atoms with Crippen LogP contribution < -0.4 is 11.1 Å². The zero-order valence-electron chi connectivity index (χ0n) is 10.4. The van der Waals surface area contributed by atoms with Gasteiger partial charge in [0.1, 0.15) is 0 Å². The van der Waals surface area contributed by atoms with Crippen LogP contribution in [0.1, 0.15) is 24.1 Å². The highest BCUT2D eigenvalue weighted by molar-refractivity contribution is 9.10. The highest BCUT2D eigenvalue weighted by atomic mass is 79.9. The minimum atomic E-state index is 0.215. The fourth-order valence-corrected chi connectivity index (χ4v) is 2.25. The molecule has 94 valence electrons. The lowest BCUT2D eigenvalue weighted by Gasteiger charge is -2.17. The van der Waals surface area contributed by atoms with E-state index >= 15 is 0 Å². The van der Waals surface area contributed by atoms with Crippen LogP contribution in [0.5, 0.6) is 0 Å². The molecular formula is C14H16BrN3. The van der Waals surface area contributed by atoms with Gasteiger partial charge in [0.05, 0.1) is 0 Å². The second-order valence-corrected chi connectivity index (χ2v) is 5.19. The average Bonchev–Trinajstić information content (AvgIpc) is 2.37. The molecule has 0 spiro atoms. The molecule has 1 atom stereocenters. The number of aromatic nitrogens is 1. The molecule has 0 amide bonds. The van der Waals surface area contributed by atoms with E-state index in [1.807, 2.05) is 25.1 Å². The molecule has 0 fully saturated rings. The van der Waals surface area contributed by atoms with Crippen molar-refractivity contribution in [3.8, 4) is 0 Å². The van der Waals surface area contributed by atoms with Gasteiger partial charge in [-0.25, -0.2) is 0 Å². The standard InChI is InChI=1S/C14H16BrN3/c1-9-7-14(12(15)8-13(9)16)18-10(2)11-3-5-17-6-4-11/h3-8,10,18H,16H2,1-2H3. The number of hydrogen-bond acceptors (Lipinski definition) is 3. The van der Waals surface area contributed by atoms with Crippen molar-refractivity contribution in [1.29, 1.82) is 0 Å². The molecule has 1 heterocycles. The lowest BCUT2D eigenvalue weighted by Crippen LogP contribution is -2.07. The first kappa shape index (κ1) is 12.9. The lowest BCUT2D eigenvalue weighted by atomic mass is 10.1. The Balaban J connectivity index is 2.22. The number of nitrogens with one attached hydrogen (secondary N) is 1. The van der Waals surface area contributed by atoms with Crippen LogP contribution in [0.2, 0.25) is 0 Å². The first-order valence-electron chi connectivity index (χ1n) is 5.80. The van der Waals surface area contributed by atoms with E-state index in [0.717, 1.165) is 21.4 Å². The summed E-state index contributed by atoms with van der Waals surface area (Å²) in [7, 11) is 0. The Labute approximate surface area is 116 Å². The van der Waals surface area contributed by atoms with Gasteiger partial charge in [0, 0.05) is 34.3 Å². The third kappa shape index (κ3) is 2.82. The molecule has 0 aliphatic rings. The molecule has 1 unspecified atom stereocenters. The van der Waals surface area contributed by atoms with Crippen LogP contribution in [0.3, 0.4) is 0 Å². The van der Waals surface area contributed by atoms with Gasteiger partial charge in [-0.05, 0) is 65.2 Å². The zero-order chi connectivity index (χ0) is 13.1. The number of benzene rings is 1. The molecular weight excluding hydrogens is 290 g/mol. The number of nitrogens with two attached hydrogens (primary N) is 1. The number of anilines is 2. The second-order valence-electron chi connectivity index (χ2n) is 4.34. The first-order valence-corrected chi connectivity index (χ1v) is 6.59. The van der Waals surface area contributed by atoms with Gasteiger partial charge in [0.2, 0.25) is 0 Å². The van der Waals surface area contributed by atoms with E-state index in [4.69, 9.17) is 5.73 Å². The van der Waals surface area contributed by atoms with Crippen LogP contribution in [0.25, 0.3) is 0 Å². The molecule has 0 aliphatic heterocycles. The minimum Gasteiger partial charge on any atom is -0.398 e. The fourth-order valence-electron chi connectivity index (χ4n) is 1.78. The van der Waals surface area contributed by atoms with Crippen molar-refractivity contribution in [3.63, 3.8) is 0 Å². The average molecular weight is 306 g/mol. The first-order chi connectivity index (χ1) is 8.58. The van der Waals surface area contributed by atoms with Crippen molar-refractivity contribution >= 4 is 27.3 Å². The van der Waals surface area contributed by atoms with Crippen LogP contribution in [0.15, 0.2) is 41.1 Å². The summed E-state index contributed by atoms with van der Waals surface area (Å²) in [4.78, 5) is 4.02. The minimum absolute atomic E-state index is 0.215. The van der Waals surface area contributed by atoms with Crippen molar-refractivity contribution in [2.45, 2.75) is 19.9 Å². The van der Waals surface area contributed by atoms with Crippen LogP contribution >= 0.6 is 15.9 Å². The van der Waals surface area contributed by atoms with Crippen LogP contribution in [0.4, 0.5) is 11.4 Å². The van der Waals surface area contributed by atoms with Gasteiger partial charge in [-0.1, -0.05) is 0 Å². The zero-order valence-corrected chi connectivity index (χ0v) is 12.0. The van der Waals surface area contributed by atoms with Crippen molar-refractivity contribution in [2.75, 3.05) is 11.1 Å². The molecule has 0 saturated heterocycles. The van der Waals surface area contributed by atoms with Crippen molar-refractivity contribution < 1.29 is 0 Å². The summed E-state index contributed by atoms with van der Waals surface area (Å²) >= 11 is 3.53. The third-order valence-electron chi connectivity index (χ3n) is 2.93. The van der Waals surface area contributed by atoms with Crippen molar-refractivity contribution in [2.24, 2.45) is 0 Å². The number of rotatable bonds is 3. The monoisotopic (exact) mass is 305 g/mol. The molecule has 4 heteroatoms. The maximum Gasteiger partial charge on any atom is 0.0493 e. The Morgan fingerprint density at radius 2 is 1.94 bits per heavy atom. The Kier molecular flexibility index (Phi) is 3.87. The molecule has 2 aromatic rings. The number of aryl methyl sites for hydroxylation is 1. The van der Waals surface area contributed by atoms with Gasteiger partial charge in [-0.15, -0.1) is 0 Å². The molecule has 0 saturated carbocycles. The molecule has 0 radical (unpaired) electrons. The molecule has 2 rings (SSSR count). The summed E-state index contributed by atoms with van der Waals surface area (Å²) in [5.41, 5.74) is 9.98. The van der Waals surface area contributed by atoms with Crippen LogP contribution in [-0.4, -0.2) is 4.98 Å². The molecule has 3 nitrogen and oxygen atoms in total. The summed E-state index contributed by atoms with van der Waals surface area (Å²) in [6.07, 6.45) is 3.60. The number of hydrogen-bond donors (Lipinski definition) is 2. The van der Waals surface area contributed by atoms with E-state index in [-0.39, 0.29) is 6.04 Å². The van der Waals surface area contributed by atoms with E-state index < -0.39 is 0 Å². The number of nitrogens with zero attached hydrogens (tertiary/aromatic N) is 1. The van der Waals surface area contributed by atoms with E-state index in [9.17, 15) is 0 Å². The van der Waals surface area contributed by atoms with Gasteiger partial charge in [0.25, 0.3) is 0 Å². The lowest BCUT2D eigenvalue weighted by molar-refractivity contribution is 0.879. The van der Waals surface area contributed by atoms with Gasteiger partial charge < -0.3 is 11.1 Å². The molecule has 1 aromatic heterocycles. The molecule has 1 aromatic carbocycles. The Morgan fingerprint density at radius 1 is 1.28 bits per heavy atom. The SMILES string of the molecule is Cc1cc(NC(C)c2ccncc2)c(Br)cc1N. The molecule has 0 aliphatic carbocycles. The fraction of sp³-hybridized carbons (Fsp3) is 0.214. The predicted molar refractivity (Wildman–Crippen MR) is 79.6 cm³/mol. The van der Waals surface area contributed by atoms with E-state index in [0.29, 0.717) is 0 Å². The van der Waals surface area contributed by atoms with Crippen molar-refractivity contribution in [3.05, 3.63) is 52.3 Å². The van der Waals surface area contributed by atoms with Gasteiger partial charge in [0.15, 0.2) is 0 Å². The topological polar surface area (TPSA) is 50.9 Å². The van der Waals surface area contributed by atoms with Crippen LogP contribution in [0, 0.1) is 6.92 Å². The Morgan fingerprint density at radius 3 is 2.61 bits per heavy atom. The second kappa shape index (κ2) is 5.40. The maximum atomic E-state index is 5.87. The normalized spacial score (nSPS) is 12.2. The van der Waals surface area contributed by atoms with Crippen LogP contribution in [-0.2, 0) is 0 Å². The Bertz CT molecular complexity index is 540. The number of nitrogen functional groups attached to an aromatic ring is 1. The molecule has 0 bridgehead atoms. The summed E-state index contributed by atoms with van der Waals surface area (Å²) < 4.78 is 0.978. The smallest absolute Gasteiger partial charge is 0.0493 e. The molecule has 3 N–H and O–H groups in total. The summed E-state index contributed by atoms with van der Waals surface area (Å²) in [6, 6.07) is 8.21. The highest BCUT2D eigenvalue weighted by Gasteiger charge is 2.08. The third-order valence-corrected chi connectivity index (χ3v) is 3.59. The van der Waals surface area contributed by atoms with Crippen molar-refractivity contribution in [1.82, 2.24) is 4.98 Å². The quantitative estimate of drug-likeness (QED) is 0.845. The molecule has 18 heavy (non-hydrogen) atoms. The van der Waals surface area contributed by atoms with Gasteiger partial charge >= 0.3 is 0 Å². The Hall–Kier alpha value is -1.55. The van der Waals surface area contributed by atoms with Gasteiger partial charge in [-0.2, -0.15) is 0 Å². The maximum absolute atomic E-state index is 5.87. The van der Waals surface area contributed by atoms with Gasteiger partial charge in [-0.3, -0.25) is 4.98 Å². The van der Waals surface area contributed by atoms with E-state index in [1.54, 1.807) is 12.4 Å². The largest absolute Gasteiger partial charge is 0.398 e. The highest BCUT2D eigenvalue weighted by Crippen LogP contribution is 2.30. The van der Waals surface area contributed by atoms with E-state index in [2.05, 4.69) is 39.2 Å². The summed E-state index contributed by atoms with van der Waals surface area (Å²) in [5.74, 6) is 0. The summed E-state index contributed by atoms with van der Waals surface area (Å²) in [5, 5.41) is 3.46. The summed E-state index contributed by atoms with van der Waals surface area (Å²) in [6.45, 7) is 4.12. The number of pyridine rings is 1. The number of halogens is 1. The van der Waals surface area contributed by atoms with E-state index in [1.165, 1.54) is 5.56 Å². The predicted octanol–water partition coefficient (Wildman–Crippen LogP) is 3.91.